The molecule has 158 valence electrons. The normalized spacial score (nSPS) is 14.2. The number of aliphatic hydroxyl groups is 2. The molecule has 0 saturated carbocycles. The Labute approximate surface area is 170 Å². The lowest BCUT2D eigenvalue weighted by atomic mass is 9.92. The first-order valence-electron chi connectivity index (χ1n) is 9.38. The van der Waals surface area contributed by atoms with Gasteiger partial charge in [-0.15, -0.1) is 0 Å². The van der Waals surface area contributed by atoms with Crippen molar-refractivity contribution in [1.29, 1.82) is 0 Å². The first-order valence-corrected chi connectivity index (χ1v) is 9.38. The highest BCUT2D eigenvalue weighted by Gasteiger charge is 2.30. The van der Waals surface area contributed by atoms with E-state index in [4.69, 9.17) is 4.74 Å². The van der Waals surface area contributed by atoms with Crippen molar-refractivity contribution in [3.8, 4) is 11.3 Å². The second kappa shape index (κ2) is 8.08. The minimum atomic E-state index is -1.53. The minimum Gasteiger partial charge on any atom is -0.444 e. The number of carbonyl (C=O) groups is 1. The fourth-order valence-corrected chi connectivity index (χ4v) is 2.58. The van der Waals surface area contributed by atoms with E-state index in [1.165, 1.54) is 19.1 Å². The Morgan fingerprint density at radius 3 is 2.17 bits per heavy atom. The maximum absolute atomic E-state index is 13.3. The molecule has 1 amide bonds. The van der Waals surface area contributed by atoms with Gasteiger partial charge in [0.2, 0.25) is 0 Å². The zero-order valence-electron chi connectivity index (χ0n) is 17.7. The van der Waals surface area contributed by atoms with Gasteiger partial charge in [-0.05, 0) is 83.5 Å². The van der Waals surface area contributed by atoms with Crippen molar-refractivity contribution in [1.82, 2.24) is 10.3 Å². The van der Waals surface area contributed by atoms with Crippen LogP contribution in [0.15, 0.2) is 36.4 Å². The molecule has 0 radical (unpaired) electrons. The Hall–Kier alpha value is -2.51. The van der Waals surface area contributed by atoms with Gasteiger partial charge in [-0.1, -0.05) is 0 Å². The van der Waals surface area contributed by atoms with E-state index in [2.05, 4.69) is 10.3 Å². The van der Waals surface area contributed by atoms with Crippen molar-refractivity contribution >= 4 is 6.09 Å². The smallest absolute Gasteiger partial charge is 0.407 e. The standard InChI is InChI=1S/C22H29FN2O4/c1-20(2,3)29-19(26)24-13-22(6,28)18-12-15(21(4,5)27)11-17(25-18)14-7-9-16(23)10-8-14/h7-12,27-28H,13H2,1-6H3,(H,24,26). The third-order valence-corrected chi connectivity index (χ3v) is 4.20. The summed E-state index contributed by atoms with van der Waals surface area (Å²) in [5.41, 5.74) is -1.50. The number of benzene rings is 1. The molecule has 7 heteroatoms. The molecule has 0 fully saturated rings. The number of hydrogen-bond acceptors (Lipinski definition) is 5. The van der Waals surface area contributed by atoms with Crippen LogP contribution in [0.2, 0.25) is 0 Å². The number of nitrogens with zero attached hydrogens (tertiary/aromatic N) is 1. The van der Waals surface area contributed by atoms with E-state index >= 15 is 0 Å². The lowest BCUT2D eigenvalue weighted by Gasteiger charge is -2.27. The van der Waals surface area contributed by atoms with E-state index in [0.29, 0.717) is 16.8 Å². The highest BCUT2D eigenvalue weighted by molar-refractivity contribution is 5.67. The van der Waals surface area contributed by atoms with Crippen LogP contribution in [-0.2, 0) is 15.9 Å². The molecular formula is C22H29FN2O4. The molecule has 1 aromatic heterocycles. The van der Waals surface area contributed by atoms with E-state index in [0.717, 1.165) is 0 Å². The van der Waals surface area contributed by atoms with Gasteiger partial charge in [-0.3, -0.25) is 0 Å². The quantitative estimate of drug-likeness (QED) is 0.704. The number of amides is 1. The molecule has 0 aliphatic heterocycles. The topological polar surface area (TPSA) is 91.7 Å². The molecule has 1 aromatic carbocycles. The molecule has 1 atom stereocenters. The van der Waals surface area contributed by atoms with Crippen molar-refractivity contribution in [2.75, 3.05) is 6.54 Å². The molecule has 2 rings (SSSR count). The van der Waals surface area contributed by atoms with Crippen LogP contribution in [0.1, 0.15) is 52.8 Å². The molecule has 1 unspecified atom stereocenters. The van der Waals surface area contributed by atoms with Crippen LogP contribution in [0.25, 0.3) is 11.3 Å². The lowest BCUT2D eigenvalue weighted by Crippen LogP contribution is -2.41. The number of aromatic nitrogens is 1. The first-order chi connectivity index (χ1) is 13.2. The Morgan fingerprint density at radius 1 is 1.07 bits per heavy atom. The summed E-state index contributed by atoms with van der Waals surface area (Å²) in [5.74, 6) is -0.374. The van der Waals surface area contributed by atoms with Crippen molar-refractivity contribution in [2.24, 2.45) is 0 Å². The summed E-state index contributed by atoms with van der Waals surface area (Å²) in [4.78, 5) is 16.4. The number of pyridine rings is 1. The molecule has 6 nitrogen and oxygen atoms in total. The summed E-state index contributed by atoms with van der Waals surface area (Å²) < 4.78 is 18.5. The SMILES string of the molecule is CC(C)(C)OC(=O)NCC(C)(O)c1cc(C(C)(C)O)cc(-c2ccc(F)cc2)n1. The van der Waals surface area contributed by atoms with Gasteiger partial charge in [0.15, 0.2) is 0 Å². The predicted molar refractivity (Wildman–Crippen MR) is 109 cm³/mol. The average molecular weight is 404 g/mol. The molecule has 2 aromatic rings. The molecule has 0 spiro atoms. The van der Waals surface area contributed by atoms with Gasteiger partial charge in [-0.25, -0.2) is 14.2 Å². The summed E-state index contributed by atoms with van der Waals surface area (Å²) in [5, 5.41) is 24.0. The highest BCUT2D eigenvalue weighted by Crippen LogP contribution is 2.30. The van der Waals surface area contributed by atoms with Gasteiger partial charge in [0.05, 0.1) is 23.5 Å². The van der Waals surface area contributed by atoms with Crippen molar-refractivity contribution in [2.45, 2.75) is 58.3 Å². The molecule has 1 heterocycles. The van der Waals surface area contributed by atoms with Crippen LogP contribution < -0.4 is 5.32 Å². The summed E-state index contributed by atoms with van der Waals surface area (Å²) in [7, 11) is 0. The number of alkyl carbamates (subject to hydrolysis) is 1. The van der Waals surface area contributed by atoms with Crippen molar-refractivity contribution in [3.05, 3.63) is 53.5 Å². The van der Waals surface area contributed by atoms with Gasteiger partial charge >= 0.3 is 6.09 Å². The minimum absolute atomic E-state index is 0.146. The summed E-state index contributed by atoms with van der Waals surface area (Å²) in [6.07, 6.45) is -0.657. The molecule has 0 bridgehead atoms. The summed E-state index contributed by atoms with van der Waals surface area (Å²) in [6, 6.07) is 9.05. The number of rotatable bonds is 5. The van der Waals surface area contributed by atoms with Crippen LogP contribution in [0.3, 0.4) is 0 Å². The van der Waals surface area contributed by atoms with Gasteiger partial charge < -0.3 is 20.3 Å². The largest absolute Gasteiger partial charge is 0.444 e. The van der Waals surface area contributed by atoms with E-state index in [1.54, 1.807) is 58.9 Å². The Kier molecular flexibility index (Phi) is 6.35. The van der Waals surface area contributed by atoms with Crippen molar-refractivity contribution < 1.29 is 24.1 Å². The summed E-state index contributed by atoms with van der Waals surface area (Å²) >= 11 is 0. The second-order valence-electron chi connectivity index (χ2n) is 8.82. The van der Waals surface area contributed by atoms with Gasteiger partial charge in [-0.2, -0.15) is 0 Å². The Bertz CT molecular complexity index is 866. The summed E-state index contributed by atoms with van der Waals surface area (Å²) in [6.45, 7) is 9.83. The predicted octanol–water partition coefficient (Wildman–Crippen LogP) is 3.85. The van der Waals surface area contributed by atoms with Crippen LogP contribution in [0.5, 0.6) is 0 Å². The molecule has 29 heavy (non-hydrogen) atoms. The fourth-order valence-electron chi connectivity index (χ4n) is 2.58. The van der Waals surface area contributed by atoms with Gasteiger partial charge in [0.1, 0.15) is 17.0 Å². The fraction of sp³-hybridized carbons (Fsp3) is 0.455. The third kappa shape index (κ3) is 6.51. The maximum Gasteiger partial charge on any atom is 0.407 e. The van der Waals surface area contributed by atoms with Crippen LogP contribution in [0.4, 0.5) is 9.18 Å². The zero-order chi connectivity index (χ0) is 22.0. The van der Waals surface area contributed by atoms with E-state index in [1.807, 2.05) is 0 Å². The number of ether oxygens (including phenoxy) is 1. The molecule has 3 N–H and O–H groups in total. The number of nitrogens with one attached hydrogen (secondary N) is 1. The number of halogens is 1. The van der Waals surface area contributed by atoms with E-state index < -0.39 is 22.9 Å². The average Bonchev–Trinajstić information content (AvgIpc) is 2.58. The molecule has 0 saturated heterocycles. The molecular weight excluding hydrogens is 375 g/mol. The maximum atomic E-state index is 13.3. The molecule has 0 aliphatic rings. The zero-order valence-corrected chi connectivity index (χ0v) is 17.7. The van der Waals surface area contributed by atoms with Crippen molar-refractivity contribution in [3.63, 3.8) is 0 Å². The monoisotopic (exact) mass is 404 g/mol. The second-order valence-corrected chi connectivity index (χ2v) is 8.82. The third-order valence-electron chi connectivity index (χ3n) is 4.20. The Morgan fingerprint density at radius 2 is 1.66 bits per heavy atom. The molecule has 0 aliphatic carbocycles. The Balaban J connectivity index is 2.38. The van der Waals surface area contributed by atoms with Gasteiger partial charge in [0, 0.05) is 5.56 Å². The highest BCUT2D eigenvalue weighted by atomic mass is 19.1. The number of carbonyl (C=O) groups excluding carboxylic acids is 1. The van der Waals surface area contributed by atoms with Gasteiger partial charge in [0.25, 0.3) is 0 Å². The van der Waals surface area contributed by atoms with E-state index in [9.17, 15) is 19.4 Å². The van der Waals surface area contributed by atoms with E-state index in [-0.39, 0.29) is 18.1 Å². The first kappa shape index (κ1) is 22.8. The lowest BCUT2D eigenvalue weighted by molar-refractivity contribution is 0.0292. The van der Waals surface area contributed by atoms with Crippen LogP contribution in [-0.4, -0.2) is 33.4 Å². The van der Waals surface area contributed by atoms with Crippen LogP contribution in [0, 0.1) is 5.82 Å². The number of hydrogen-bond donors (Lipinski definition) is 3. The van der Waals surface area contributed by atoms with Crippen LogP contribution >= 0.6 is 0 Å².